The Labute approximate surface area is 307 Å². The Morgan fingerprint density at radius 3 is 2.49 bits per heavy atom. The number of H-pyrrole nitrogens is 1. The number of phenols is 1. The zero-order valence-corrected chi connectivity index (χ0v) is 29.8. The van der Waals surface area contributed by atoms with Gasteiger partial charge in [0.2, 0.25) is 11.5 Å². The Morgan fingerprint density at radius 1 is 0.962 bits per heavy atom. The number of benzene rings is 4. The number of likely N-dealkylation sites (tertiary alicyclic amines) is 1. The Morgan fingerprint density at radius 2 is 1.74 bits per heavy atom. The van der Waals surface area contributed by atoms with E-state index >= 15 is 4.39 Å². The third-order valence-corrected chi connectivity index (χ3v) is 9.69. The summed E-state index contributed by atoms with van der Waals surface area (Å²) in [6.45, 7) is 2.08. The number of amides is 2. The number of aromatic amines is 1. The van der Waals surface area contributed by atoms with E-state index in [-0.39, 0.29) is 48.3 Å². The predicted octanol–water partition coefficient (Wildman–Crippen LogP) is 6.22. The van der Waals surface area contributed by atoms with Crippen molar-refractivity contribution in [2.45, 2.75) is 44.4 Å². The molecule has 0 aliphatic carbocycles. The molecule has 53 heavy (non-hydrogen) atoms. The molecule has 12 heteroatoms. The van der Waals surface area contributed by atoms with E-state index in [0.717, 1.165) is 47.1 Å². The average molecular weight is 723 g/mol. The second-order valence-electron chi connectivity index (χ2n) is 14.1. The fourth-order valence-corrected chi connectivity index (χ4v) is 6.62. The molecule has 6 rings (SSSR count). The zero-order chi connectivity index (χ0) is 37.5. The lowest BCUT2D eigenvalue weighted by Crippen LogP contribution is -2.48. The molecule has 5 aromatic rings. The van der Waals surface area contributed by atoms with Crippen molar-refractivity contribution in [3.05, 3.63) is 124 Å². The minimum absolute atomic E-state index is 0.0834. The quantitative estimate of drug-likeness (QED) is 0.0837. The van der Waals surface area contributed by atoms with Crippen molar-refractivity contribution in [2.75, 3.05) is 44.4 Å². The van der Waals surface area contributed by atoms with Gasteiger partial charge in [-0.2, -0.15) is 0 Å². The van der Waals surface area contributed by atoms with Gasteiger partial charge in [-0.1, -0.05) is 54.6 Å². The number of fused-ring (bicyclic) bond motifs is 1. The number of anilines is 2. The van der Waals surface area contributed by atoms with E-state index in [1.165, 1.54) is 24.3 Å². The van der Waals surface area contributed by atoms with E-state index in [1.807, 2.05) is 48.5 Å². The number of aliphatic hydroxyl groups excluding tert-OH is 1. The first kappa shape index (κ1) is 37.2. The van der Waals surface area contributed by atoms with E-state index in [1.54, 1.807) is 18.2 Å². The number of aromatic nitrogens is 1. The lowest BCUT2D eigenvalue weighted by Gasteiger charge is -2.36. The van der Waals surface area contributed by atoms with E-state index in [2.05, 4.69) is 35.0 Å². The van der Waals surface area contributed by atoms with Gasteiger partial charge >= 0.3 is 6.09 Å². The molecule has 0 bridgehead atoms. The van der Waals surface area contributed by atoms with Gasteiger partial charge in [-0.3, -0.25) is 14.9 Å². The first-order valence-corrected chi connectivity index (χ1v) is 17.7. The number of ether oxygens (including phenoxy) is 1. The summed E-state index contributed by atoms with van der Waals surface area (Å²) in [5.41, 5.74) is 4.23. The number of aromatic hydroxyl groups is 1. The summed E-state index contributed by atoms with van der Waals surface area (Å²) >= 11 is 0. The second kappa shape index (κ2) is 16.4. The Balaban J connectivity index is 1.03. The van der Waals surface area contributed by atoms with E-state index in [4.69, 9.17) is 4.74 Å². The predicted molar refractivity (Wildman–Crippen MR) is 203 cm³/mol. The number of nitrogens with zero attached hydrogens (tertiary/aromatic N) is 1. The monoisotopic (exact) mass is 722 g/mol. The molecule has 4 aromatic carbocycles. The Kier molecular flexibility index (Phi) is 11.5. The summed E-state index contributed by atoms with van der Waals surface area (Å²) in [4.78, 5) is 40.2. The number of carbonyl (C=O) groups excluding carboxylic acids is 2. The molecule has 276 valence electrons. The summed E-state index contributed by atoms with van der Waals surface area (Å²) in [5.74, 6) is -0.916. The molecule has 11 nitrogen and oxygen atoms in total. The van der Waals surface area contributed by atoms with Crippen LogP contribution in [0.5, 0.6) is 5.75 Å². The van der Waals surface area contributed by atoms with Gasteiger partial charge in [-0.15, -0.1) is 0 Å². The van der Waals surface area contributed by atoms with Crippen LogP contribution >= 0.6 is 0 Å². The molecule has 1 saturated heterocycles. The van der Waals surface area contributed by atoms with Crippen LogP contribution < -0.4 is 21.5 Å². The molecule has 2 heterocycles. The van der Waals surface area contributed by atoms with Gasteiger partial charge in [-0.25, -0.2) is 9.18 Å². The average Bonchev–Trinajstić information content (AvgIpc) is 3.13. The molecule has 1 aromatic heterocycles. The highest BCUT2D eigenvalue weighted by atomic mass is 19.1. The highest BCUT2D eigenvalue weighted by Crippen LogP contribution is 2.31. The summed E-state index contributed by atoms with van der Waals surface area (Å²) in [7, 11) is 4.35. The highest BCUT2D eigenvalue weighted by Gasteiger charge is 2.28. The number of quaternary nitrogens is 1. The first-order valence-electron chi connectivity index (χ1n) is 17.7. The molecular weight excluding hydrogens is 677 g/mol. The van der Waals surface area contributed by atoms with Crippen molar-refractivity contribution >= 4 is 34.3 Å². The SMILES string of the molecule is C[N+]1(C)CCC(OC(=O)Nc2cc(CCC(=O)Nc3ccc(CNC[C@@H](O)c4ccc(O)c5[nH]c(=O)ccc45)c(F)c3)ccc2-c2ccccc2)CC1. The van der Waals surface area contributed by atoms with Gasteiger partial charge < -0.3 is 35.1 Å². The van der Waals surface area contributed by atoms with Gasteiger partial charge in [-0.05, 0) is 53.4 Å². The molecular formula is C41H45FN5O6+. The number of rotatable bonds is 12. The molecule has 1 atom stereocenters. The molecule has 0 saturated carbocycles. The molecule has 1 aliphatic rings. The highest BCUT2D eigenvalue weighted by molar-refractivity contribution is 5.93. The molecule has 0 radical (unpaired) electrons. The van der Waals surface area contributed by atoms with Crippen molar-refractivity contribution < 1.29 is 33.4 Å². The normalized spacial score (nSPS) is 14.8. The Hall–Kier alpha value is -5.56. The maximum atomic E-state index is 15.0. The zero-order valence-electron chi connectivity index (χ0n) is 29.8. The number of aliphatic hydroxyl groups is 1. The first-order chi connectivity index (χ1) is 25.4. The molecule has 1 fully saturated rings. The van der Waals surface area contributed by atoms with Crippen LogP contribution in [0.4, 0.5) is 20.6 Å². The van der Waals surface area contributed by atoms with Crippen LogP contribution in [0.2, 0.25) is 0 Å². The van der Waals surface area contributed by atoms with Crippen LogP contribution in [-0.4, -0.2) is 71.5 Å². The van der Waals surface area contributed by atoms with Gasteiger partial charge in [0.05, 0.1) is 44.5 Å². The smallest absolute Gasteiger partial charge is 0.411 e. The fourth-order valence-electron chi connectivity index (χ4n) is 6.62. The Bertz CT molecular complexity index is 2140. The minimum Gasteiger partial charge on any atom is -0.506 e. The van der Waals surface area contributed by atoms with E-state index < -0.39 is 18.0 Å². The second-order valence-corrected chi connectivity index (χ2v) is 14.1. The topological polar surface area (TPSA) is 153 Å². The standard InChI is InChI=1S/C41H44FN5O6/c1-47(2)20-18-30(19-21-47)53-41(52)45-35-22-26(8-12-31(35)27-6-4-3-5-7-27)9-16-38(50)44-29-11-10-28(34(42)23-29)24-43-25-37(49)32-13-15-36(48)40-33(32)14-17-39(51)46-40/h3-8,10-15,17,22-23,30,37,43,49H,9,16,18-21,24-25H2,1-2H3,(H3-,44,45,46,48,50,51,52)/p+1/t37-/m1/s1. The van der Waals surface area contributed by atoms with Crippen molar-refractivity contribution in [3.8, 4) is 16.9 Å². The number of halogens is 1. The third-order valence-electron chi connectivity index (χ3n) is 9.69. The summed E-state index contributed by atoms with van der Waals surface area (Å²) in [6.07, 6.45) is 0.502. The van der Waals surface area contributed by atoms with Crippen LogP contribution in [0.25, 0.3) is 22.0 Å². The summed E-state index contributed by atoms with van der Waals surface area (Å²) in [5, 5.41) is 30.1. The van der Waals surface area contributed by atoms with Gasteiger partial charge in [0, 0.05) is 60.6 Å². The third kappa shape index (κ3) is 9.66. The number of phenolic OH excluding ortho intramolecular Hbond substituents is 1. The van der Waals surface area contributed by atoms with Gasteiger partial charge in [0.1, 0.15) is 17.7 Å². The molecule has 0 unspecified atom stereocenters. The number of carbonyl (C=O) groups is 2. The number of aryl methyl sites for hydroxylation is 1. The largest absolute Gasteiger partial charge is 0.506 e. The van der Waals surface area contributed by atoms with Gasteiger partial charge in [0.15, 0.2) is 0 Å². The van der Waals surface area contributed by atoms with Crippen molar-refractivity contribution in [2.24, 2.45) is 0 Å². The molecule has 0 spiro atoms. The number of hydrogen-bond donors (Lipinski definition) is 6. The molecule has 1 aliphatic heterocycles. The maximum absolute atomic E-state index is 15.0. The molecule has 2 amide bonds. The van der Waals surface area contributed by atoms with Crippen molar-refractivity contribution in [3.63, 3.8) is 0 Å². The fraction of sp³-hybridized carbons (Fsp3) is 0.293. The molecule has 6 N–H and O–H groups in total. The minimum atomic E-state index is -0.991. The summed E-state index contributed by atoms with van der Waals surface area (Å²) < 4.78 is 21.7. The maximum Gasteiger partial charge on any atom is 0.411 e. The van der Waals surface area contributed by atoms with Crippen molar-refractivity contribution in [1.29, 1.82) is 0 Å². The number of pyridine rings is 1. The van der Waals surface area contributed by atoms with Crippen LogP contribution in [0.15, 0.2) is 95.8 Å². The van der Waals surface area contributed by atoms with Crippen LogP contribution in [0.1, 0.15) is 42.1 Å². The van der Waals surface area contributed by atoms with Crippen molar-refractivity contribution in [1.82, 2.24) is 10.3 Å². The van der Waals surface area contributed by atoms with Crippen LogP contribution in [-0.2, 0) is 22.5 Å². The number of hydrogen-bond acceptors (Lipinski definition) is 7. The number of piperidine rings is 1. The van der Waals surface area contributed by atoms with Crippen LogP contribution in [0.3, 0.4) is 0 Å². The van der Waals surface area contributed by atoms with E-state index in [9.17, 15) is 24.6 Å². The summed E-state index contributed by atoms with van der Waals surface area (Å²) in [6, 6.07) is 25.7. The lowest BCUT2D eigenvalue weighted by molar-refractivity contribution is -0.896. The van der Waals surface area contributed by atoms with Gasteiger partial charge in [0.25, 0.3) is 0 Å². The van der Waals surface area contributed by atoms with E-state index in [0.29, 0.717) is 34.3 Å². The number of nitrogens with one attached hydrogen (secondary N) is 4. The van der Waals surface area contributed by atoms with Crippen LogP contribution in [0, 0.1) is 5.82 Å². The lowest BCUT2D eigenvalue weighted by atomic mass is 9.99.